The van der Waals surface area contributed by atoms with Crippen LogP contribution in [-0.2, 0) is 4.74 Å². The number of nitrogens with zero attached hydrogens (tertiary/aromatic N) is 3. The summed E-state index contributed by atoms with van der Waals surface area (Å²) in [6, 6.07) is 5.35. The van der Waals surface area contributed by atoms with Gasteiger partial charge < -0.3 is 9.64 Å². The van der Waals surface area contributed by atoms with Gasteiger partial charge in [-0.15, -0.1) is 0 Å². The topological polar surface area (TPSA) is 71.1 Å². The summed E-state index contributed by atoms with van der Waals surface area (Å²) in [6.07, 6.45) is -0.236. The Hall–Kier alpha value is -1.63. The van der Waals surface area contributed by atoms with Crippen LogP contribution in [0, 0.1) is 6.92 Å². The molecule has 1 N–H and O–H groups in total. The number of hydrogen-bond donors (Lipinski definition) is 1. The second kappa shape index (κ2) is 6.24. The van der Waals surface area contributed by atoms with Gasteiger partial charge in [-0.25, -0.2) is 0 Å². The third-order valence-corrected chi connectivity index (χ3v) is 4.33. The Morgan fingerprint density at radius 3 is 2.86 bits per heavy atom. The van der Waals surface area contributed by atoms with Crippen molar-refractivity contribution in [3.05, 3.63) is 45.2 Å². The monoisotopic (exact) mass is 340 g/mol. The van der Waals surface area contributed by atoms with Crippen molar-refractivity contribution in [3.63, 3.8) is 0 Å². The molecular weight excluding hydrogens is 327 g/mol. The molecule has 0 saturated carbocycles. The maximum atomic E-state index is 12.5. The van der Waals surface area contributed by atoms with E-state index in [2.05, 4.69) is 15.4 Å². The van der Waals surface area contributed by atoms with Gasteiger partial charge in [0.15, 0.2) is 5.69 Å². The molecule has 1 aromatic heterocycles. The highest BCUT2D eigenvalue weighted by Gasteiger charge is 2.28. The molecule has 1 saturated heterocycles. The van der Waals surface area contributed by atoms with E-state index in [0.29, 0.717) is 41.1 Å². The summed E-state index contributed by atoms with van der Waals surface area (Å²) in [4.78, 5) is 14.2. The maximum Gasteiger partial charge on any atom is 0.276 e. The van der Waals surface area contributed by atoms with Gasteiger partial charge in [-0.1, -0.05) is 29.3 Å². The van der Waals surface area contributed by atoms with Gasteiger partial charge >= 0.3 is 0 Å². The van der Waals surface area contributed by atoms with E-state index in [-0.39, 0.29) is 12.0 Å². The number of aromatic amines is 1. The molecule has 1 atom stereocenters. The van der Waals surface area contributed by atoms with Crippen molar-refractivity contribution < 1.29 is 9.53 Å². The molecule has 0 aliphatic carbocycles. The van der Waals surface area contributed by atoms with Crippen LogP contribution in [0.2, 0.25) is 10.0 Å². The van der Waals surface area contributed by atoms with Gasteiger partial charge in [-0.3, -0.25) is 4.79 Å². The van der Waals surface area contributed by atoms with E-state index in [0.717, 1.165) is 5.56 Å². The summed E-state index contributed by atoms with van der Waals surface area (Å²) in [6.45, 7) is 3.15. The molecule has 8 heteroatoms. The number of nitrogens with one attached hydrogen (secondary N) is 1. The molecule has 0 spiro atoms. The first kappa shape index (κ1) is 15.3. The van der Waals surface area contributed by atoms with Gasteiger partial charge in [0.25, 0.3) is 5.91 Å². The molecule has 1 aliphatic heterocycles. The minimum absolute atomic E-state index is 0.153. The predicted molar refractivity (Wildman–Crippen MR) is 82.2 cm³/mol. The molecule has 2 aromatic rings. The van der Waals surface area contributed by atoms with Crippen LogP contribution in [-0.4, -0.2) is 45.9 Å². The maximum absolute atomic E-state index is 12.5. The third-order valence-electron chi connectivity index (χ3n) is 3.59. The Kier molecular flexibility index (Phi) is 4.33. The number of ether oxygens (including phenoxy) is 1. The Labute approximate surface area is 137 Å². The van der Waals surface area contributed by atoms with Gasteiger partial charge in [-0.05, 0) is 24.6 Å². The zero-order chi connectivity index (χ0) is 15.7. The minimum atomic E-state index is -0.236. The Morgan fingerprint density at radius 1 is 1.36 bits per heavy atom. The van der Waals surface area contributed by atoms with Crippen LogP contribution in [0.5, 0.6) is 0 Å². The van der Waals surface area contributed by atoms with Crippen LogP contribution in [0.15, 0.2) is 18.2 Å². The number of hydrogen-bond acceptors (Lipinski definition) is 4. The summed E-state index contributed by atoms with van der Waals surface area (Å²) in [5.41, 5.74) is 1.82. The Bertz CT molecular complexity index is 704. The van der Waals surface area contributed by atoms with Crippen molar-refractivity contribution in [3.8, 4) is 0 Å². The number of benzene rings is 1. The van der Waals surface area contributed by atoms with Gasteiger partial charge in [0.1, 0.15) is 6.10 Å². The van der Waals surface area contributed by atoms with Gasteiger partial charge in [0.2, 0.25) is 0 Å². The number of carbonyl (C=O) groups excluding carboxylic acids is 1. The van der Waals surface area contributed by atoms with Crippen molar-refractivity contribution >= 4 is 29.1 Å². The summed E-state index contributed by atoms with van der Waals surface area (Å²) < 4.78 is 5.75. The molecule has 1 unspecified atom stereocenters. The van der Waals surface area contributed by atoms with Crippen LogP contribution >= 0.6 is 23.2 Å². The van der Waals surface area contributed by atoms with Crippen molar-refractivity contribution in [2.75, 3.05) is 19.7 Å². The van der Waals surface area contributed by atoms with E-state index >= 15 is 0 Å². The molecule has 1 aromatic carbocycles. The summed E-state index contributed by atoms with van der Waals surface area (Å²) in [7, 11) is 0. The quantitative estimate of drug-likeness (QED) is 0.912. The fourth-order valence-electron chi connectivity index (χ4n) is 2.38. The van der Waals surface area contributed by atoms with Gasteiger partial charge in [-0.2, -0.15) is 15.4 Å². The molecule has 1 aliphatic rings. The van der Waals surface area contributed by atoms with E-state index < -0.39 is 0 Å². The second-order valence-electron chi connectivity index (χ2n) is 5.04. The van der Waals surface area contributed by atoms with Crippen LogP contribution in [0.3, 0.4) is 0 Å². The average Bonchev–Trinajstić information content (AvgIpc) is 2.95. The number of H-pyrrole nitrogens is 1. The molecule has 6 nitrogen and oxygen atoms in total. The van der Waals surface area contributed by atoms with Crippen LogP contribution < -0.4 is 0 Å². The van der Waals surface area contributed by atoms with Crippen molar-refractivity contribution in [1.82, 2.24) is 20.3 Å². The zero-order valence-electron chi connectivity index (χ0n) is 11.8. The Balaban J connectivity index is 1.78. The van der Waals surface area contributed by atoms with E-state index in [1.807, 2.05) is 6.07 Å². The number of rotatable bonds is 2. The van der Waals surface area contributed by atoms with E-state index in [9.17, 15) is 4.79 Å². The second-order valence-corrected chi connectivity index (χ2v) is 5.86. The summed E-state index contributed by atoms with van der Waals surface area (Å²) in [5.74, 6) is -0.153. The fraction of sp³-hybridized carbons (Fsp3) is 0.357. The largest absolute Gasteiger partial charge is 0.370 e. The zero-order valence-corrected chi connectivity index (χ0v) is 13.4. The van der Waals surface area contributed by atoms with Crippen LogP contribution in [0.1, 0.15) is 27.8 Å². The highest BCUT2D eigenvalue weighted by atomic mass is 35.5. The van der Waals surface area contributed by atoms with Gasteiger partial charge in [0.05, 0.1) is 28.9 Å². The van der Waals surface area contributed by atoms with E-state index in [1.54, 1.807) is 24.0 Å². The molecule has 0 radical (unpaired) electrons. The predicted octanol–water partition coefficient (Wildman–Crippen LogP) is 2.63. The first-order chi connectivity index (χ1) is 10.6. The normalized spacial score (nSPS) is 18.5. The third kappa shape index (κ3) is 2.95. The highest BCUT2D eigenvalue weighted by molar-refractivity contribution is 6.42. The molecule has 116 valence electrons. The molecule has 1 amide bonds. The molecule has 22 heavy (non-hydrogen) atoms. The number of aromatic nitrogens is 3. The average molecular weight is 341 g/mol. The molecular formula is C14H14Cl2N4O2. The molecule has 1 fully saturated rings. The van der Waals surface area contributed by atoms with Crippen molar-refractivity contribution in [2.24, 2.45) is 0 Å². The lowest BCUT2D eigenvalue weighted by Crippen LogP contribution is -2.42. The minimum Gasteiger partial charge on any atom is -0.370 e. The van der Waals surface area contributed by atoms with E-state index in [1.165, 1.54) is 0 Å². The highest BCUT2D eigenvalue weighted by Crippen LogP contribution is 2.29. The molecule has 3 rings (SSSR count). The number of amides is 1. The van der Waals surface area contributed by atoms with E-state index in [4.69, 9.17) is 27.9 Å². The number of morpholine rings is 1. The summed E-state index contributed by atoms with van der Waals surface area (Å²) in [5, 5.41) is 11.2. The lowest BCUT2D eigenvalue weighted by atomic mass is 10.1. The fourth-order valence-corrected chi connectivity index (χ4v) is 2.69. The first-order valence-corrected chi connectivity index (χ1v) is 7.55. The molecule has 0 bridgehead atoms. The van der Waals surface area contributed by atoms with Crippen LogP contribution in [0.4, 0.5) is 0 Å². The number of aryl methyl sites for hydroxylation is 1. The van der Waals surface area contributed by atoms with Gasteiger partial charge in [0, 0.05) is 6.54 Å². The lowest BCUT2D eigenvalue weighted by Gasteiger charge is -2.33. The summed E-state index contributed by atoms with van der Waals surface area (Å²) >= 11 is 12.0. The number of halogens is 2. The first-order valence-electron chi connectivity index (χ1n) is 6.79. The van der Waals surface area contributed by atoms with Crippen LogP contribution in [0.25, 0.3) is 0 Å². The number of carbonyl (C=O) groups is 1. The Morgan fingerprint density at radius 2 is 2.18 bits per heavy atom. The SMILES string of the molecule is Cc1n[nH]nc1C(=O)N1CCOC(c2ccc(Cl)c(Cl)c2)C1. The van der Waals surface area contributed by atoms with Crippen molar-refractivity contribution in [1.29, 1.82) is 0 Å². The van der Waals surface area contributed by atoms with Crippen molar-refractivity contribution in [2.45, 2.75) is 13.0 Å². The molecule has 2 heterocycles. The lowest BCUT2D eigenvalue weighted by molar-refractivity contribution is -0.0230. The smallest absolute Gasteiger partial charge is 0.276 e. The standard InChI is InChI=1S/C14H14Cl2N4O2/c1-8-13(18-19-17-8)14(21)20-4-5-22-12(7-20)9-2-3-10(15)11(16)6-9/h2-3,6,12H,4-5,7H2,1H3,(H,17,18,19).